The lowest BCUT2D eigenvalue weighted by molar-refractivity contribution is 0.0983. The standard InChI is InChI=1S/C22H26ClN3O2S.ClH/c1-4-25(5-2)13-14-26(21(27)16-7-10-18(11-8-16)28-6-3)22-24-19-12-9-17(23)15-20(19)29-22;/h7-12,15H,4-6,13-14H2,1-3H3;1H. The predicted molar refractivity (Wildman–Crippen MR) is 129 cm³/mol. The molecule has 0 bridgehead atoms. The highest BCUT2D eigenvalue weighted by Crippen LogP contribution is 2.31. The van der Waals surface area contributed by atoms with Crippen LogP contribution >= 0.6 is 35.3 Å². The van der Waals surface area contributed by atoms with Crippen molar-refractivity contribution in [3.05, 3.63) is 53.1 Å². The van der Waals surface area contributed by atoms with Gasteiger partial charge in [-0.05, 0) is 62.5 Å². The quantitative estimate of drug-likeness (QED) is 0.401. The van der Waals surface area contributed by atoms with Crippen LogP contribution in [0, 0.1) is 0 Å². The number of likely N-dealkylation sites (N-methyl/N-ethyl adjacent to an activating group) is 1. The highest BCUT2D eigenvalue weighted by atomic mass is 35.5. The fourth-order valence-corrected chi connectivity index (χ4v) is 4.35. The van der Waals surface area contributed by atoms with Crippen molar-refractivity contribution in [2.45, 2.75) is 20.8 Å². The fraction of sp³-hybridized carbons (Fsp3) is 0.364. The maximum atomic E-state index is 13.4. The first-order valence-electron chi connectivity index (χ1n) is 9.88. The number of benzene rings is 2. The SMILES string of the molecule is CCOc1ccc(C(=O)N(CCN(CC)CC)c2nc3ccc(Cl)cc3s2)cc1.Cl. The molecule has 1 heterocycles. The minimum absolute atomic E-state index is 0. The molecule has 3 rings (SSSR count). The van der Waals surface area contributed by atoms with E-state index in [0.717, 1.165) is 35.6 Å². The largest absolute Gasteiger partial charge is 0.494 e. The van der Waals surface area contributed by atoms with Crippen LogP contribution in [0.4, 0.5) is 5.13 Å². The summed E-state index contributed by atoms with van der Waals surface area (Å²) in [5.74, 6) is 0.693. The Hall–Kier alpha value is -1.86. The number of hydrogen-bond donors (Lipinski definition) is 0. The molecule has 0 radical (unpaired) electrons. The van der Waals surface area contributed by atoms with Crippen molar-refractivity contribution in [1.29, 1.82) is 0 Å². The molecule has 8 heteroatoms. The molecule has 1 aromatic heterocycles. The number of nitrogens with zero attached hydrogens (tertiary/aromatic N) is 3. The Bertz CT molecular complexity index is 959. The molecule has 2 aromatic carbocycles. The third kappa shape index (κ3) is 5.85. The highest BCUT2D eigenvalue weighted by Gasteiger charge is 2.22. The van der Waals surface area contributed by atoms with E-state index in [0.29, 0.717) is 28.9 Å². The Morgan fingerprint density at radius 1 is 1.07 bits per heavy atom. The number of carbonyl (C=O) groups is 1. The topological polar surface area (TPSA) is 45.7 Å². The number of thiazole rings is 1. The van der Waals surface area contributed by atoms with E-state index < -0.39 is 0 Å². The molecule has 162 valence electrons. The summed E-state index contributed by atoms with van der Waals surface area (Å²) in [5, 5.41) is 1.36. The Balaban J connectivity index is 0.00000320. The van der Waals surface area contributed by atoms with Gasteiger partial charge in [-0.25, -0.2) is 4.98 Å². The number of ether oxygens (including phenoxy) is 1. The van der Waals surface area contributed by atoms with Crippen LogP contribution in [0.15, 0.2) is 42.5 Å². The van der Waals surface area contributed by atoms with Crippen molar-refractivity contribution < 1.29 is 9.53 Å². The van der Waals surface area contributed by atoms with Crippen molar-refractivity contribution in [2.75, 3.05) is 37.7 Å². The predicted octanol–water partition coefficient (Wildman–Crippen LogP) is 5.76. The number of rotatable bonds is 9. The van der Waals surface area contributed by atoms with Gasteiger partial charge in [-0.15, -0.1) is 12.4 Å². The van der Waals surface area contributed by atoms with E-state index >= 15 is 0 Å². The van der Waals surface area contributed by atoms with Gasteiger partial charge in [0.2, 0.25) is 0 Å². The first-order chi connectivity index (χ1) is 14.0. The summed E-state index contributed by atoms with van der Waals surface area (Å²) in [5.41, 5.74) is 1.46. The lowest BCUT2D eigenvalue weighted by atomic mass is 10.2. The van der Waals surface area contributed by atoms with Crippen LogP contribution in [-0.4, -0.2) is 48.6 Å². The first-order valence-corrected chi connectivity index (χ1v) is 11.1. The van der Waals surface area contributed by atoms with Crippen molar-refractivity contribution in [3.63, 3.8) is 0 Å². The Labute approximate surface area is 193 Å². The molecule has 30 heavy (non-hydrogen) atoms. The van der Waals surface area contributed by atoms with Crippen LogP contribution in [-0.2, 0) is 0 Å². The van der Waals surface area contributed by atoms with Crippen molar-refractivity contribution >= 4 is 56.6 Å². The summed E-state index contributed by atoms with van der Waals surface area (Å²) in [4.78, 5) is 22.1. The second-order valence-electron chi connectivity index (χ2n) is 6.55. The Kier molecular flexibility index (Phi) is 9.37. The van der Waals surface area contributed by atoms with Crippen molar-refractivity contribution in [2.24, 2.45) is 0 Å². The molecule has 0 saturated carbocycles. The van der Waals surface area contributed by atoms with E-state index in [-0.39, 0.29) is 18.3 Å². The van der Waals surface area contributed by atoms with Crippen molar-refractivity contribution in [3.8, 4) is 5.75 Å². The number of fused-ring (bicyclic) bond motifs is 1. The van der Waals surface area contributed by atoms with Crippen LogP contribution in [0.5, 0.6) is 5.75 Å². The second kappa shape index (κ2) is 11.5. The van der Waals surface area contributed by atoms with Crippen LogP contribution in [0.1, 0.15) is 31.1 Å². The van der Waals surface area contributed by atoms with Gasteiger partial charge in [-0.2, -0.15) is 0 Å². The maximum Gasteiger partial charge on any atom is 0.260 e. The summed E-state index contributed by atoms with van der Waals surface area (Å²) in [7, 11) is 0. The highest BCUT2D eigenvalue weighted by molar-refractivity contribution is 7.22. The van der Waals surface area contributed by atoms with E-state index in [1.807, 2.05) is 49.4 Å². The normalized spacial score (nSPS) is 10.8. The molecular weight excluding hydrogens is 441 g/mol. The van der Waals surface area contributed by atoms with E-state index in [4.69, 9.17) is 21.3 Å². The molecule has 0 fully saturated rings. The third-order valence-electron chi connectivity index (χ3n) is 4.76. The number of amides is 1. The van der Waals surface area contributed by atoms with Gasteiger partial charge in [0, 0.05) is 23.7 Å². The average Bonchev–Trinajstić information content (AvgIpc) is 3.14. The number of hydrogen-bond acceptors (Lipinski definition) is 5. The van der Waals surface area contributed by atoms with Gasteiger partial charge >= 0.3 is 0 Å². The molecule has 0 aliphatic rings. The number of aromatic nitrogens is 1. The molecule has 0 spiro atoms. The van der Waals surface area contributed by atoms with Gasteiger partial charge in [0.05, 0.1) is 16.8 Å². The summed E-state index contributed by atoms with van der Waals surface area (Å²) < 4.78 is 6.46. The van der Waals surface area contributed by atoms with Gasteiger partial charge in [-0.1, -0.05) is 36.8 Å². The molecule has 0 saturated heterocycles. The third-order valence-corrected chi connectivity index (χ3v) is 6.04. The molecule has 1 amide bonds. The smallest absolute Gasteiger partial charge is 0.260 e. The molecular formula is C22H27Cl2N3O2S. The molecule has 0 atom stereocenters. The number of carbonyl (C=O) groups excluding carboxylic acids is 1. The Morgan fingerprint density at radius 2 is 1.77 bits per heavy atom. The summed E-state index contributed by atoms with van der Waals surface area (Å²) in [6, 6.07) is 12.9. The number of anilines is 1. The van der Waals surface area contributed by atoms with Gasteiger partial charge in [0.15, 0.2) is 5.13 Å². The summed E-state index contributed by atoms with van der Waals surface area (Å²) in [6.45, 7) is 10.0. The second-order valence-corrected chi connectivity index (χ2v) is 8.00. The first kappa shape index (κ1) is 24.4. The monoisotopic (exact) mass is 467 g/mol. The lowest BCUT2D eigenvalue weighted by Gasteiger charge is -2.24. The van der Waals surface area contributed by atoms with Gasteiger partial charge in [0.25, 0.3) is 5.91 Å². The van der Waals surface area contributed by atoms with Crippen LogP contribution in [0.25, 0.3) is 10.2 Å². The molecule has 0 aliphatic carbocycles. The number of halogens is 2. The fourth-order valence-electron chi connectivity index (χ4n) is 3.08. The molecule has 0 unspecified atom stereocenters. The van der Waals surface area contributed by atoms with E-state index in [9.17, 15) is 4.79 Å². The Morgan fingerprint density at radius 3 is 2.40 bits per heavy atom. The molecule has 3 aromatic rings. The molecule has 0 N–H and O–H groups in total. The zero-order valence-corrected chi connectivity index (χ0v) is 19.8. The van der Waals surface area contributed by atoms with Crippen molar-refractivity contribution in [1.82, 2.24) is 9.88 Å². The maximum absolute atomic E-state index is 13.4. The summed E-state index contributed by atoms with van der Waals surface area (Å²) in [6.07, 6.45) is 0. The zero-order chi connectivity index (χ0) is 20.8. The average molecular weight is 468 g/mol. The van der Waals surface area contributed by atoms with E-state index in [1.165, 1.54) is 11.3 Å². The van der Waals surface area contributed by atoms with E-state index in [2.05, 4.69) is 18.7 Å². The minimum atomic E-state index is -0.0645. The molecule has 0 aliphatic heterocycles. The van der Waals surface area contributed by atoms with E-state index in [1.54, 1.807) is 4.90 Å². The summed E-state index contributed by atoms with van der Waals surface area (Å²) >= 11 is 7.61. The van der Waals surface area contributed by atoms with Gasteiger partial charge < -0.3 is 9.64 Å². The van der Waals surface area contributed by atoms with Gasteiger partial charge in [0.1, 0.15) is 5.75 Å². The van der Waals surface area contributed by atoms with Crippen LogP contribution in [0.2, 0.25) is 5.02 Å². The van der Waals surface area contributed by atoms with Crippen LogP contribution in [0.3, 0.4) is 0 Å². The molecule has 5 nitrogen and oxygen atoms in total. The minimum Gasteiger partial charge on any atom is -0.494 e. The van der Waals surface area contributed by atoms with Crippen LogP contribution < -0.4 is 9.64 Å². The van der Waals surface area contributed by atoms with Gasteiger partial charge in [-0.3, -0.25) is 9.69 Å². The lowest BCUT2D eigenvalue weighted by Crippen LogP contribution is -2.38. The zero-order valence-electron chi connectivity index (χ0n) is 17.4.